The number of hydrogen-bond donors (Lipinski definition) is 2. The number of aliphatic hydroxyl groups is 1. The van der Waals surface area contributed by atoms with Gasteiger partial charge in [-0.25, -0.2) is 4.98 Å². The van der Waals surface area contributed by atoms with Gasteiger partial charge in [-0.3, -0.25) is 0 Å². The van der Waals surface area contributed by atoms with E-state index in [9.17, 15) is 5.11 Å². The molecule has 1 aliphatic carbocycles. The van der Waals surface area contributed by atoms with Crippen LogP contribution in [0.5, 0.6) is 0 Å². The third-order valence-electron chi connectivity index (χ3n) is 3.22. The maximum absolute atomic E-state index is 9.40. The Bertz CT molecular complexity index is 319. The van der Waals surface area contributed by atoms with E-state index in [1.807, 2.05) is 6.92 Å². The summed E-state index contributed by atoms with van der Waals surface area (Å²) in [6.07, 6.45) is 4.22. The molecule has 1 saturated carbocycles. The van der Waals surface area contributed by atoms with Gasteiger partial charge < -0.3 is 10.4 Å². The predicted molar refractivity (Wildman–Crippen MR) is 66.5 cm³/mol. The first kappa shape index (κ1) is 12.0. The average molecular weight is 240 g/mol. The first-order valence-electron chi connectivity index (χ1n) is 6.04. The third kappa shape index (κ3) is 3.54. The van der Waals surface area contributed by atoms with Gasteiger partial charge in [-0.2, -0.15) is 0 Å². The zero-order valence-electron chi connectivity index (χ0n) is 9.78. The first-order valence-corrected chi connectivity index (χ1v) is 6.92. The fraction of sp³-hybridized carbons (Fsp3) is 0.750. The van der Waals surface area contributed by atoms with E-state index in [0.717, 1.165) is 55.4 Å². The van der Waals surface area contributed by atoms with Crippen molar-refractivity contribution in [3.63, 3.8) is 0 Å². The van der Waals surface area contributed by atoms with Crippen LogP contribution in [0.25, 0.3) is 0 Å². The minimum Gasteiger partial charge on any atom is -0.393 e. The summed E-state index contributed by atoms with van der Waals surface area (Å²) < 4.78 is 0. The number of aliphatic hydroxyl groups excluding tert-OH is 1. The summed E-state index contributed by atoms with van der Waals surface area (Å²) in [7, 11) is 0. The molecule has 1 aromatic heterocycles. The maximum atomic E-state index is 9.40. The zero-order chi connectivity index (χ0) is 11.4. The van der Waals surface area contributed by atoms with Crippen LogP contribution >= 0.6 is 11.3 Å². The molecule has 90 valence electrons. The van der Waals surface area contributed by atoms with Crippen LogP contribution < -0.4 is 5.32 Å². The number of nitrogens with one attached hydrogen (secondary N) is 1. The Morgan fingerprint density at radius 1 is 1.44 bits per heavy atom. The highest BCUT2D eigenvalue weighted by atomic mass is 32.1. The minimum atomic E-state index is -0.0440. The van der Waals surface area contributed by atoms with E-state index >= 15 is 0 Å². The quantitative estimate of drug-likeness (QED) is 0.847. The van der Waals surface area contributed by atoms with Crippen molar-refractivity contribution in [2.45, 2.75) is 45.3 Å². The molecular weight excluding hydrogens is 220 g/mol. The van der Waals surface area contributed by atoms with Crippen LogP contribution in [-0.4, -0.2) is 22.7 Å². The Hall–Kier alpha value is -0.450. The van der Waals surface area contributed by atoms with Crippen LogP contribution in [-0.2, 0) is 6.54 Å². The summed E-state index contributed by atoms with van der Waals surface area (Å²) in [5.41, 5.74) is 1.15. The summed E-state index contributed by atoms with van der Waals surface area (Å²) in [6, 6.07) is 0. The first-order chi connectivity index (χ1) is 7.74. The van der Waals surface area contributed by atoms with Crippen molar-refractivity contribution in [3.05, 3.63) is 16.1 Å². The molecule has 2 N–H and O–H groups in total. The number of rotatable bonds is 4. The lowest BCUT2D eigenvalue weighted by Gasteiger charge is -2.25. The van der Waals surface area contributed by atoms with Crippen molar-refractivity contribution in [1.29, 1.82) is 0 Å². The molecule has 0 radical (unpaired) electrons. The lowest BCUT2D eigenvalue weighted by molar-refractivity contribution is 0.108. The molecule has 1 aromatic rings. The molecule has 2 rings (SSSR count). The van der Waals surface area contributed by atoms with Gasteiger partial charge in [0.05, 0.1) is 16.8 Å². The summed E-state index contributed by atoms with van der Waals surface area (Å²) in [6.45, 7) is 3.98. The van der Waals surface area contributed by atoms with Crippen LogP contribution in [0.4, 0.5) is 0 Å². The zero-order valence-corrected chi connectivity index (χ0v) is 10.6. The topological polar surface area (TPSA) is 45.2 Å². The molecule has 0 unspecified atom stereocenters. The second-order valence-electron chi connectivity index (χ2n) is 4.66. The van der Waals surface area contributed by atoms with Gasteiger partial charge in [0.2, 0.25) is 0 Å². The van der Waals surface area contributed by atoms with Gasteiger partial charge in [-0.15, -0.1) is 11.3 Å². The normalized spacial score (nSPS) is 25.9. The van der Waals surface area contributed by atoms with Gasteiger partial charge >= 0.3 is 0 Å². The summed E-state index contributed by atoms with van der Waals surface area (Å²) in [5, 5.41) is 16.1. The maximum Gasteiger partial charge on any atom is 0.0897 e. The predicted octanol–water partition coefficient (Wildman–Crippen LogP) is 2.09. The molecule has 0 bridgehead atoms. The van der Waals surface area contributed by atoms with Gasteiger partial charge in [-0.05, 0) is 45.1 Å². The third-order valence-corrected chi connectivity index (χ3v) is 4.04. The molecule has 16 heavy (non-hydrogen) atoms. The molecular formula is C12H20N2OS. The van der Waals surface area contributed by atoms with Crippen molar-refractivity contribution in [3.8, 4) is 0 Å². The molecule has 3 nitrogen and oxygen atoms in total. The summed E-state index contributed by atoms with van der Waals surface area (Å²) in [4.78, 5) is 4.42. The highest BCUT2D eigenvalue weighted by Gasteiger charge is 2.18. The van der Waals surface area contributed by atoms with Crippen LogP contribution in [0.15, 0.2) is 5.38 Å². The van der Waals surface area contributed by atoms with Crippen LogP contribution in [0.3, 0.4) is 0 Å². The smallest absolute Gasteiger partial charge is 0.0897 e. The highest BCUT2D eigenvalue weighted by molar-refractivity contribution is 7.09. The molecule has 4 heteroatoms. The lowest BCUT2D eigenvalue weighted by Crippen LogP contribution is -2.27. The number of aryl methyl sites for hydroxylation is 1. The van der Waals surface area contributed by atoms with Crippen molar-refractivity contribution in [2.24, 2.45) is 5.92 Å². The standard InChI is InChI=1S/C12H20N2OS/c1-9-14-11(8-16-9)7-13-6-10-2-4-12(15)5-3-10/h8,10,12-13,15H,2-7H2,1H3. The Balaban J connectivity index is 1.64. The fourth-order valence-electron chi connectivity index (χ4n) is 2.24. The lowest BCUT2D eigenvalue weighted by atomic mass is 9.87. The molecule has 0 amide bonds. The molecule has 1 aliphatic rings. The van der Waals surface area contributed by atoms with Gasteiger partial charge in [0, 0.05) is 11.9 Å². The van der Waals surface area contributed by atoms with E-state index in [4.69, 9.17) is 0 Å². The second-order valence-corrected chi connectivity index (χ2v) is 5.73. The van der Waals surface area contributed by atoms with Gasteiger partial charge in [-0.1, -0.05) is 0 Å². The molecule has 0 aromatic carbocycles. The Kier molecular flexibility index (Phi) is 4.32. The van der Waals surface area contributed by atoms with Gasteiger partial charge in [0.15, 0.2) is 0 Å². The van der Waals surface area contributed by atoms with Crippen molar-refractivity contribution in [2.75, 3.05) is 6.54 Å². The average Bonchev–Trinajstić information content (AvgIpc) is 2.67. The van der Waals surface area contributed by atoms with Gasteiger partial charge in [0.25, 0.3) is 0 Å². The van der Waals surface area contributed by atoms with Gasteiger partial charge in [0.1, 0.15) is 0 Å². The number of nitrogens with zero attached hydrogens (tertiary/aromatic N) is 1. The fourth-order valence-corrected chi connectivity index (χ4v) is 2.86. The second kappa shape index (κ2) is 5.75. The Labute approximate surface area is 101 Å². The summed E-state index contributed by atoms with van der Waals surface area (Å²) in [5.74, 6) is 0.739. The monoisotopic (exact) mass is 240 g/mol. The van der Waals surface area contributed by atoms with Crippen LogP contribution in [0.2, 0.25) is 0 Å². The largest absolute Gasteiger partial charge is 0.393 e. The highest BCUT2D eigenvalue weighted by Crippen LogP contribution is 2.23. The van der Waals surface area contributed by atoms with Crippen molar-refractivity contribution >= 4 is 11.3 Å². The van der Waals surface area contributed by atoms with Crippen LogP contribution in [0.1, 0.15) is 36.4 Å². The number of hydrogen-bond acceptors (Lipinski definition) is 4. The molecule has 0 atom stereocenters. The van der Waals surface area contributed by atoms with E-state index in [-0.39, 0.29) is 6.10 Å². The van der Waals surface area contributed by atoms with E-state index in [0.29, 0.717) is 0 Å². The van der Waals surface area contributed by atoms with Crippen molar-refractivity contribution < 1.29 is 5.11 Å². The van der Waals surface area contributed by atoms with E-state index in [1.165, 1.54) is 0 Å². The molecule has 1 heterocycles. The number of aromatic nitrogens is 1. The summed E-state index contributed by atoms with van der Waals surface area (Å²) >= 11 is 1.71. The number of thiazole rings is 1. The van der Waals surface area contributed by atoms with Crippen LogP contribution in [0, 0.1) is 12.8 Å². The molecule has 1 fully saturated rings. The van der Waals surface area contributed by atoms with E-state index < -0.39 is 0 Å². The SMILES string of the molecule is Cc1nc(CNCC2CCC(O)CC2)cs1. The Morgan fingerprint density at radius 2 is 2.19 bits per heavy atom. The minimum absolute atomic E-state index is 0.0440. The molecule has 0 aliphatic heterocycles. The van der Waals surface area contributed by atoms with E-state index in [1.54, 1.807) is 11.3 Å². The molecule has 0 spiro atoms. The van der Waals surface area contributed by atoms with E-state index in [2.05, 4.69) is 15.7 Å². The Morgan fingerprint density at radius 3 is 2.81 bits per heavy atom. The molecule has 0 saturated heterocycles. The van der Waals surface area contributed by atoms with Crippen molar-refractivity contribution in [1.82, 2.24) is 10.3 Å².